The summed E-state index contributed by atoms with van der Waals surface area (Å²) >= 11 is 0. The maximum Gasteiger partial charge on any atom is 0.253 e. The van der Waals surface area contributed by atoms with Gasteiger partial charge in [0.05, 0.1) is 12.1 Å². The summed E-state index contributed by atoms with van der Waals surface area (Å²) in [5.74, 6) is -0.335. The molecule has 0 bridgehead atoms. The lowest BCUT2D eigenvalue weighted by atomic mass is 10.1. The van der Waals surface area contributed by atoms with Gasteiger partial charge in [0, 0.05) is 23.4 Å². The number of halogens is 1. The number of H-pyrrole nitrogens is 1. The van der Waals surface area contributed by atoms with Crippen molar-refractivity contribution in [1.29, 1.82) is 0 Å². The van der Waals surface area contributed by atoms with Gasteiger partial charge in [-0.3, -0.25) is 9.59 Å². The molecule has 3 rings (SSSR count). The molecule has 0 saturated heterocycles. The van der Waals surface area contributed by atoms with Crippen LogP contribution in [0.2, 0.25) is 0 Å². The molecule has 25 heavy (non-hydrogen) atoms. The van der Waals surface area contributed by atoms with Crippen LogP contribution in [0.5, 0.6) is 0 Å². The first-order chi connectivity index (χ1) is 12.1. The Labute approximate surface area is 142 Å². The zero-order valence-electron chi connectivity index (χ0n) is 13.5. The van der Waals surface area contributed by atoms with Gasteiger partial charge in [0.15, 0.2) is 5.76 Å². The van der Waals surface area contributed by atoms with Crippen LogP contribution < -0.4 is 10.9 Å². The van der Waals surface area contributed by atoms with Gasteiger partial charge in [-0.15, -0.1) is 0 Å². The Balaban J connectivity index is 1.72. The van der Waals surface area contributed by atoms with Gasteiger partial charge < -0.3 is 14.8 Å². The topological polar surface area (TPSA) is 88.0 Å². The van der Waals surface area contributed by atoms with Crippen molar-refractivity contribution >= 4 is 5.91 Å². The van der Waals surface area contributed by atoms with Crippen molar-refractivity contribution in [1.82, 2.24) is 15.5 Å². The van der Waals surface area contributed by atoms with Crippen LogP contribution in [-0.4, -0.2) is 16.0 Å². The molecule has 0 atom stereocenters. The molecule has 0 aliphatic rings. The molecule has 0 spiro atoms. The van der Waals surface area contributed by atoms with E-state index >= 15 is 0 Å². The van der Waals surface area contributed by atoms with Crippen molar-refractivity contribution < 1.29 is 13.7 Å². The van der Waals surface area contributed by atoms with Crippen molar-refractivity contribution in [2.75, 3.05) is 0 Å². The Kier molecular flexibility index (Phi) is 4.74. The summed E-state index contributed by atoms with van der Waals surface area (Å²) in [7, 11) is 0. The summed E-state index contributed by atoms with van der Waals surface area (Å²) in [6, 6.07) is 10.6. The van der Waals surface area contributed by atoms with Crippen LogP contribution in [0.15, 0.2) is 51.8 Å². The van der Waals surface area contributed by atoms with E-state index in [2.05, 4.69) is 15.5 Å². The van der Waals surface area contributed by atoms with Crippen LogP contribution in [0.4, 0.5) is 4.39 Å². The van der Waals surface area contributed by atoms with Crippen molar-refractivity contribution in [2.24, 2.45) is 0 Å². The fourth-order valence-electron chi connectivity index (χ4n) is 2.46. The van der Waals surface area contributed by atoms with Crippen LogP contribution in [0.1, 0.15) is 28.7 Å². The largest absolute Gasteiger partial charge is 0.359 e. The lowest BCUT2D eigenvalue weighted by molar-refractivity contribution is 0.0945. The Morgan fingerprint density at radius 1 is 1.28 bits per heavy atom. The van der Waals surface area contributed by atoms with Gasteiger partial charge in [-0.25, -0.2) is 4.39 Å². The number of pyridine rings is 1. The predicted octanol–water partition coefficient (Wildman–Crippen LogP) is 2.66. The van der Waals surface area contributed by atoms with E-state index < -0.39 is 5.82 Å². The first-order valence-electron chi connectivity index (χ1n) is 7.79. The molecule has 2 N–H and O–H groups in total. The van der Waals surface area contributed by atoms with E-state index in [0.717, 1.165) is 0 Å². The van der Waals surface area contributed by atoms with Crippen molar-refractivity contribution in [3.63, 3.8) is 0 Å². The quantitative estimate of drug-likeness (QED) is 0.747. The molecule has 128 valence electrons. The number of rotatable bonds is 5. The van der Waals surface area contributed by atoms with Gasteiger partial charge in [-0.1, -0.05) is 24.2 Å². The Morgan fingerprint density at radius 3 is 2.84 bits per heavy atom. The molecule has 1 amide bonds. The molecule has 0 fully saturated rings. The molecule has 0 aliphatic heterocycles. The number of amides is 1. The molecule has 7 heteroatoms. The molecule has 0 unspecified atom stereocenters. The molecule has 2 aromatic heterocycles. The van der Waals surface area contributed by atoms with Gasteiger partial charge in [0.2, 0.25) is 5.56 Å². The molecule has 6 nitrogen and oxygen atoms in total. The maximum atomic E-state index is 13.8. The summed E-state index contributed by atoms with van der Waals surface area (Å²) < 4.78 is 18.9. The monoisotopic (exact) mass is 341 g/mol. The van der Waals surface area contributed by atoms with Crippen LogP contribution >= 0.6 is 0 Å². The number of carbonyl (C=O) groups is 1. The van der Waals surface area contributed by atoms with Crippen LogP contribution in [0, 0.1) is 5.82 Å². The van der Waals surface area contributed by atoms with E-state index in [4.69, 9.17) is 4.52 Å². The Bertz CT molecular complexity index is 962. The maximum absolute atomic E-state index is 13.8. The third kappa shape index (κ3) is 3.65. The Morgan fingerprint density at radius 2 is 2.08 bits per heavy atom. The minimum Gasteiger partial charge on any atom is -0.359 e. The molecule has 0 aliphatic carbocycles. The lowest BCUT2D eigenvalue weighted by Crippen LogP contribution is -2.25. The van der Waals surface area contributed by atoms with E-state index in [0.29, 0.717) is 34.7 Å². The van der Waals surface area contributed by atoms with Gasteiger partial charge in [-0.05, 0) is 24.6 Å². The number of hydrogen-bond acceptors (Lipinski definition) is 4. The number of nitrogens with zero attached hydrogens (tertiary/aromatic N) is 1. The summed E-state index contributed by atoms with van der Waals surface area (Å²) in [6.07, 6.45) is 0.526. The average molecular weight is 341 g/mol. The van der Waals surface area contributed by atoms with Gasteiger partial charge in [-0.2, -0.15) is 0 Å². The molecular weight excluding hydrogens is 325 g/mol. The Hall–Kier alpha value is -3.22. The van der Waals surface area contributed by atoms with Gasteiger partial charge in [0.25, 0.3) is 5.91 Å². The van der Waals surface area contributed by atoms with E-state index in [1.807, 2.05) is 6.92 Å². The highest BCUT2D eigenvalue weighted by Crippen LogP contribution is 2.22. The second kappa shape index (κ2) is 7.12. The fourth-order valence-corrected chi connectivity index (χ4v) is 2.46. The molecule has 2 heterocycles. The molecule has 1 aromatic carbocycles. The van der Waals surface area contributed by atoms with Crippen LogP contribution in [0.3, 0.4) is 0 Å². The van der Waals surface area contributed by atoms with E-state index in [-0.39, 0.29) is 18.0 Å². The zero-order valence-corrected chi connectivity index (χ0v) is 13.5. The standard InChI is InChI=1S/C18H16FN3O3/c1-2-15-13(7-8-17(23)21-15)18(24)20-10-11-9-16(22-25-11)12-5-3-4-6-14(12)19/h3-9H,2,10H2,1H3,(H,20,24)(H,21,23). The smallest absolute Gasteiger partial charge is 0.253 e. The highest BCUT2D eigenvalue weighted by Gasteiger charge is 2.14. The summed E-state index contributed by atoms with van der Waals surface area (Å²) in [5, 5.41) is 6.53. The number of aromatic amines is 1. The highest BCUT2D eigenvalue weighted by molar-refractivity contribution is 5.95. The molecule has 0 radical (unpaired) electrons. The number of aromatic nitrogens is 2. The number of aryl methyl sites for hydroxylation is 1. The normalized spacial score (nSPS) is 10.6. The first kappa shape index (κ1) is 16.6. The minimum absolute atomic E-state index is 0.0998. The fraction of sp³-hybridized carbons (Fsp3) is 0.167. The average Bonchev–Trinajstić information content (AvgIpc) is 3.08. The zero-order chi connectivity index (χ0) is 17.8. The third-order valence-electron chi connectivity index (χ3n) is 3.73. The second-order valence-corrected chi connectivity index (χ2v) is 5.41. The highest BCUT2D eigenvalue weighted by atomic mass is 19.1. The van der Waals surface area contributed by atoms with Gasteiger partial charge >= 0.3 is 0 Å². The van der Waals surface area contributed by atoms with Crippen molar-refractivity contribution in [3.05, 3.63) is 75.7 Å². The molecule has 3 aromatic rings. The van der Waals surface area contributed by atoms with Crippen LogP contribution in [0.25, 0.3) is 11.3 Å². The van der Waals surface area contributed by atoms with E-state index in [9.17, 15) is 14.0 Å². The number of carbonyl (C=O) groups excluding carboxylic acids is 1. The third-order valence-corrected chi connectivity index (χ3v) is 3.73. The van der Waals surface area contributed by atoms with Crippen LogP contribution in [-0.2, 0) is 13.0 Å². The lowest BCUT2D eigenvalue weighted by Gasteiger charge is -2.07. The van der Waals surface area contributed by atoms with E-state index in [1.165, 1.54) is 18.2 Å². The van der Waals surface area contributed by atoms with Crippen molar-refractivity contribution in [2.45, 2.75) is 19.9 Å². The summed E-state index contributed by atoms with van der Waals surface area (Å²) in [4.78, 5) is 26.3. The van der Waals surface area contributed by atoms with E-state index in [1.54, 1.807) is 24.3 Å². The minimum atomic E-state index is -0.396. The second-order valence-electron chi connectivity index (χ2n) is 5.41. The predicted molar refractivity (Wildman–Crippen MR) is 89.5 cm³/mol. The molecule has 0 saturated carbocycles. The van der Waals surface area contributed by atoms with Gasteiger partial charge in [0.1, 0.15) is 11.5 Å². The number of nitrogens with one attached hydrogen (secondary N) is 2. The SMILES string of the molecule is CCc1[nH]c(=O)ccc1C(=O)NCc1cc(-c2ccccc2F)no1. The van der Waals surface area contributed by atoms with Crippen molar-refractivity contribution in [3.8, 4) is 11.3 Å². The first-order valence-corrected chi connectivity index (χ1v) is 7.79. The molecular formula is C18H16FN3O3. The number of hydrogen-bond donors (Lipinski definition) is 2. The number of benzene rings is 1. The summed E-state index contributed by atoms with van der Waals surface area (Å²) in [6.45, 7) is 1.95. The summed E-state index contributed by atoms with van der Waals surface area (Å²) in [5.41, 5.74) is 1.40.